The molecule has 0 spiro atoms. The molecule has 1 unspecified atom stereocenters. The minimum absolute atomic E-state index is 0.273. The van der Waals surface area contributed by atoms with Gasteiger partial charge in [-0.05, 0) is 19.3 Å². The molecule has 0 aromatic heterocycles. The lowest BCUT2D eigenvalue weighted by atomic mass is 9.97. The number of esters is 1. The minimum Gasteiger partial charge on any atom is -0.458 e. The minimum atomic E-state index is -0.273. The molecule has 14 heavy (non-hydrogen) atoms. The second kappa shape index (κ2) is 7.36. The van der Waals surface area contributed by atoms with Crippen LogP contribution in [-0.4, -0.2) is 12.6 Å². The Balaban J connectivity index is 4.06. The molecule has 0 saturated heterocycles. The van der Waals surface area contributed by atoms with Crippen LogP contribution in [0.2, 0.25) is 0 Å². The summed E-state index contributed by atoms with van der Waals surface area (Å²) in [6, 6.07) is 0. The zero-order valence-corrected chi connectivity index (χ0v) is 9.38. The number of allylic oxidation sites excluding steroid dienone is 1. The molecule has 0 saturated carbocycles. The molecule has 0 aromatic rings. The number of carbonyl (C=O) groups excluding carboxylic acids is 1. The van der Waals surface area contributed by atoms with Crippen LogP contribution >= 0.6 is 0 Å². The summed E-state index contributed by atoms with van der Waals surface area (Å²) in [7, 11) is 0. The number of hydrogen-bond donors (Lipinski definition) is 0. The molecule has 2 nitrogen and oxygen atoms in total. The van der Waals surface area contributed by atoms with Gasteiger partial charge in [0.2, 0.25) is 0 Å². The fourth-order valence-corrected chi connectivity index (χ4v) is 1.17. The van der Waals surface area contributed by atoms with Crippen molar-refractivity contribution in [2.24, 2.45) is 5.92 Å². The van der Waals surface area contributed by atoms with Gasteiger partial charge in [0.1, 0.15) is 6.61 Å². The summed E-state index contributed by atoms with van der Waals surface area (Å²) >= 11 is 0. The summed E-state index contributed by atoms with van der Waals surface area (Å²) in [6.07, 6.45) is 5.38. The first-order valence-corrected chi connectivity index (χ1v) is 5.07. The molecule has 0 aliphatic rings. The first-order chi connectivity index (χ1) is 6.61. The van der Waals surface area contributed by atoms with Gasteiger partial charge in [-0.2, -0.15) is 0 Å². The third-order valence-electron chi connectivity index (χ3n) is 2.19. The predicted molar refractivity (Wildman–Crippen MR) is 59.0 cm³/mol. The van der Waals surface area contributed by atoms with Gasteiger partial charge in [0.05, 0.1) is 0 Å². The normalized spacial score (nSPS) is 13.5. The van der Waals surface area contributed by atoms with Gasteiger partial charge >= 0.3 is 5.97 Å². The van der Waals surface area contributed by atoms with Gasteiger partial charge < -0.3 is 4.74 Å². The van der Waals surface area contributed by atoms with E-state index in [-0.39, 0.29) is 12.6 Å². The van der Waals surface area contributed by atoms with Gasteiger partial charge in [0, 0.05) is 6.08 Å². The van der Waals surface area contributed by atoms with Crippen molar-refractivity contribution in [1.82, 2.24) is 0 Å². The molecule has 0 bridgehead atoms. The zero-order chi connectivity index (χ0) is 11.0. The van der Waals surface area contributed by atoms with E-state index in [0.717, 1.165) is 18.4 Å². The first-order valence-electron chi connectivity index (χ1n) is 5.07. The highest BCUT2D eigenvalue weighted by molar-refractivity contribution is 5.82. The molecule has 0 aliphatic carbocycles. The molecule has 0 rings (SSSR count). The average molecular weight is 196 g/mol. The molecule has 2 heteroatoms. The van der Waals surface area contributed by atoms with Gasteiger partial charge in [-0.1, -0.05) is 38.5 Å². The second-order valence-corrected chi connectivity index (χ2v) is 3.50. The quantitative estimate of drug-likeness (QED) is 0.370. The number of carbonyl (C=O) groups is 1. The highest BCUT2D eigenvalue weighted by atomic mass is 16.5. The van der Waals surface area contributed by atoms with E-state index < -0.39 is 0 Å². The van der Waals surface area contributed by atoms with Gasteiger partial charge in [-0.3, -0.25) is 0 Å². The number of ether oxygens (including phenoxy) is 1. The highest BCUT2D eigenvalue weighted by Gasteiger charge is 2.05. The van der Waals surface area contributed by atoms with Crippen molar-refractivity contribution in [1.29, 1.82) is 0 Å². The fraction of sp³-hybridized carbons (Fsp3) is 0.583. The highest BCUT2D eigenvalue weighted by Crippen LogP contribution is 2.15. The molecule has 0 aliphatic heterocycles. The predicted octanol–water partition coefficient (Wildman–Crippen LogP) is 3.10. The van der Waals surface area contributed by atoms with Crippen molar-refractivity contribution in [3.63, 3.8) is 0 Å². The second-order valence-electron chi connectivity index (χ2n) is 3.50. The van der Waals surface area contributed by atoms with E-state index in [0.29, 0.717) is 5.92 Å². The fourth-order valence-electron chi connectivity index (χ4n) is 1.17. The summed E-state index contributed by atoms with van der Waals surface area (Å²) in [5.41, 5.74) is 1.08. The van der Waals surface area contributed by atoms with Crippen molar-refractivity contribution in [2.45, 2.75) is 33.6 Å². The summed E-state index contributed by atoms with van der Waals surface area (Å²) in [5.74, 6) is 0.182. The lowest BCUT2D eigenvalue weighted by Gasteiger charge is -2.09. The van der Waals surface area contributed by atoms with Crippen molar-refractivity contribution >= 4 is 5.97 Å². The molecular weight excluding hydrogens is 176 g/mol. The molecule has 0 heterocycles. The van der Waals surface area contributed by atoms with Crippen LogP contribution in [0.4, 0.5) is 0 Å². The number of hydrogen-bond acceptors (Lipinski definition) is 2. The van der Waals surface area contributed by atoms with E-state index in [1.807, 2.05) is 6.92 Å². The van der Waals surface area contributed by atoms with Crippen LogP contribution in [0.3, 0.4) is 0 Å². The van der Waals surface area contributed by atoms with Crippen LogP contribution in [-0.2, 0) is 9.53 Å². The Bertz CT molecular complexity index is 216. The maximum absolute atomic E-state index is 11.2. The lowest BCUT2D eigenvalue weighted by molar-refractivity contribution is -0.136. The maximum Gasteiger partial charge on any atom is 0.331 e. The molecule has 0 fully saturated rings. The van der Waals surface area contributed by atoms with Crippen molar-refractivity contribution in [2.75, 3.05) is 6.61 Å². The molecule has 80 valence electrons. The molecule has 0 aromatic carbocycles. The molecule has 1 atom stereocenters. The van der Waals surface area contributed by atoms with E-state index in [2.05, 4.69) is 20.4 Å². The topological polar surface area (TPSA) is 26.3 Å². The summed E-state index contributed by atoms with van der Waals surface area (Å²) in [5, 5.41) is 0. The van der Waals surface area contributed by atoms with E-state index in [4.69, 9.17) is 4.74 Å². The average Bonchev–Trinajstić information content (AvgIpc) is 2.15. The van der Waals surface area contributed by atoms with Crippen LogP contribution in [0.5, 0.6) is 0 Å². The van der Waals surface area contributed by atoms with Crippen molar-refractivity contribution < 1.29 is 9.53 Å². The molecular formula is C12H20O2. The van der Waals surface area contributed by atoms with Gasteiger partial charge in [-0.15, -0.1) is 0 Å². The summed E-state index contributed by atoms with van der Waals surface area (Å²) in [4.78, 5) is 11.2. The zero-order valence-electron chi connectivity index (χ0n) is 9.38. The Labute approximate surface area is 86.6 Å². The van der Waals surface area contributed by atoms with Gasteiger partial charge in [0.15, 0.2) is 0 Å². The Morgan fingerprint density at radius 3 is 2.71 bits per heavy atom. The van der Waals surface area contributed by atoms with Gasteiger partial charge in [-0.25, -0.2) is 4.79 Å². The first kappa shape index (κ1) is 12.9. The largest absolute Gasteiger partial charge is 0.458 e. The van der Waals surface area contributed by atoms with E-state index in [1.54, 1.807) is 12.2 Å². The smallest absolute Gasteiger partial charge is 0.331 e. The van der Waals surface area contributed by atoms with Crippen LogP contribution in [0, 0.1) is 5.92 Å². The maximum atomic E-state index is 11.2. The SMILES string of the molecule is C=CCOC(=O)C=C(C)C(C)CCC. The summed E-state index contributed by atoms with van der Waals surface area (Å²) < 4.78 is 4.86. The van der Waals surface area contributed by atoms with Crippen molar-refractivity contribution in [3.05, 3.63) is 24.3 Å². The van der Waals surface area contributed by atoms with Crippen LogP contribution in [0.25, 0.3) is 0 Å². The Kier molecular flexibility index (Phi) is 6.81. The monoisotopic (exact) mass is 196 g/mol. The van der Waals surface area contributed by atoms with Crippen molar-refractivity contribution in [3.8, 4) is 0 Å². The van der Waals surface area contributed by atoms with E-state index in [9.17, 15) is 4.79 Å². The Hall–Kier alpha value is -1.05. The Morgan fingerprint density at radius 1 is 1.57 bits per heavy atom. The van der Waals surface area contributed by atoms with E-state index in [1.165, 1.54) is 0 Å². The van der Waals surface area contributed by atoms with Crippen LogP contribution < -0.4 is 0 Å². The van der Waals surface area contributed by atoms with E-state index >= 15 is 0 Å². The third kappa shape index (κ3) is 5.57. The Morgan fingerprint density at radius 2 is 2.21 bits per heavy atom. The standard InChI is InChI=1S/C12H20O2/c1-5-7-10(3)11(4)9-12(13)14-8-6-2/h6,9-10H,2,5,7-8H2,1,3-4H3. The molecule has 0 amide bonds. The lowest BCUT2D eigenvalue weighted by Crippen LogP contribution is -2.04. The number of rotatable bonds is 6. The van der Waals surface area contributed by atoms with Gasteiger partial charge in [0.25, 0.3) is 0 Å². The van der Waals surface area contributed by atoms with Crippen LogP contribution in [0.1, 0.15) is 33.6 Å². The molecule has 0 radical (unpaired) electrons. The third-order valence-corrected chi connectivity index (χ3v) is 2.19. The summed E-state index contributed by atoms with van der Waals surface area (Å²) in [6.45, 7) is 9.99. The van der Waals surface area contributed by atoms with Crippen LogP contribution in [0.15, 0.2) is 24.3 Å². The molecule has 0 N–H and O–H groups in total.